The highest BCUT2D eigenvalue weighted by atomic mass is 16.5. The molecule has 0 radical (unpaired) electrons. The molecule has 3 nitrogen and oxygen atoms in total. The molecule has 3 aromatic rings. The molecule has 0 fully saturated rings. The third-order valence-corrected chi connectivity index (χ3v) is 3.89. The summed E-state index contributed by atoms with van der Waals surface area (Å²) in [5, 5.41) is 6.83. The second kappa shape index (κ2) is 8.15. The van der Waals surface area contributed by atoms with Crippen molar-refractivity contribution in [3.05, 3.63) is 90.5 Å². The van der Waals surface area contributed by atoms with Crippen LogP contribution in [0, 0.1) is 0 Å². The third-order valence-electron chi connectivity index (χ3n) is 3.89. The number of benzene rings is 3. The van der Waals surface area contributed by atoms with Gasteiger partial charge in [0.1, 0.15) is 11.4 Å². The van der Waals surface area contributed by atoms with Crippen LogP contribution in [0.25, 0.3) is 0 Å². The fraction of sp³-hybridized carbons (Fsp3) is 0.136. The van der Waals surface area contributed by atoms with E-state index < -0.39 is 0 Å². The lowest BCUT2D eigenvalue weighted by atomic mass is 10.1. The number of ether oxygens (including phenoxy) is 1. The number of rotatable bonds is 6. The summed E-state index contributed by atoms with van der Waals surface area (Å²) < 4.78 is 5.54. The Morgan fingerprint density at radius 3 is 2.12 bits per heavy atom. The lowest BCUT2D eigenvalue weighted by Gasteiger charge is -2.22. The molecule has 3 heteroatoms. The minimum absolute atomic E-state index is 0.794. The van der Waals surface area contributed by atoms with Crippen LogP contribution in [-0.4, -0.2) is 12.8 Å². The van der Waals surface area contributed by atoms with Crippen LogP contribution >= 0.6 is 0 Å². The largest absolute Gasteiger partial charge is 0.494 e. The van der Waals surface area contributed by atoms with Gasteiger partial charge in [-0.1, -0.05) is 60.7 Å². The third kappa shape index (κ3) is 4.27. The Kier molecular flexibility index (Phi) is 5.47. The predicted octanol–water partition coefficient (Wildman–Crippen LogP) is 5.45. The van der Waals surface area contributed by atoms with Gasteiger partial charge in [0.05, 0.1) is 12.8 Å². The number of hydrogen-bond acceptors (Lipinski definition) is 3. The van der Waals surface area contributed by atoms with Gasteiger partial charge in [-0.15, -0.1) is 0 Å². The average molecular weight is 330 g/mol. The maximum atomic E-state index is 5.54. The van der Waals surface area contributed by atoms with E-state index in [-0.39, 0.29) is 0 Å². The molecule has 0 unspecified atom stereocenters. The number of hydrogen-bond donors (Lipinski definition) is 0. The molecule has 0 aliphatic rings. The highest BCUT2D eigenvalue weighted by Crippen LogP contribution is 2.33. The van der Waals surface area contributed by atoms with Crippen LogP contribution in [0.1, 0.15) is 12.5 Å². The molecule has 3 rings (SSSR count). The number of nitrogens with zero attached hydrogens (tertiary/aromatic N) is 2. The van der Waals surface area contributed by atoms with Crippen LogP contribution in [0.3, 0.4) is 0 Å². The molecule has 0 atom stereocenters. The van der Waals surface area contributed by atoms with Crippen molar-refractivity contribution in [1.82, 2.24) is 0 Å². The molecule has 0 saturated heterocycles. The number of anilines is 2. The molecule has 126 valence electrons. The first kappa shape index (κ1) is 16.8. The van der Waals surface area contributed by atoms with Crippen molar-refractivity contribution in [1.29, 1.82) is 0 Å². The second-order valence-electron chi connectivity index (χ2n) is 5.82. The molecule has 25 heavy (non-hydrogen) atoms. The van der Waals surface area contributed by atoms with Gasteiger partial charge in [-0.05, 0) is 36.8 Å². The maximum Gasteiger partial charge on any atom is 0.144 e. The molecule has 0 aromatic heterocycles. The molecule has 0 saturated carbocycles. The molecule has 0 spiro atoms. The summed E-state index contributed by atoms with van der Waals surface area (Å²) in [6.45, 7) is 2.05. The summed E-state index contributed by atoms with van der Waals surface area (Å²) >= 11 is 0. The second-order valence-corrected chi connectivity index (χ2v) is 5.82. The molecule has 0 amide bonds. The highest BCUT2D eigenvalue weighted by Gasteiger charge is 2.13. The minimum atomic E-state index is 0.794. The van der Waals surface area contributed by atoms with Crippen molar-refractivity contribution in [3.63, 3.8) is 0 Å². The predicted molar refractivity (Wildman–Crippen MR) is 105 cm³/mol. The average Bonchev–Trinajstić information content (AvgIpc) is 2.67. The number of hydrazone groups is 1. The first-order valence-corrected chi connectivity index (χ1v) is 8.34. The van der Waals surface area contributed by atoms with Gasteiger partial charge in [0.25, 0.3) is 0 Å². The molecule has 0 bridgehead atoms. The molecular weight excluding hydrogens is 308 g/mol. The van der Waals surface area contributed by atoms with Crippen molar-refractivity contribution in [3.8, 4) is 5.75 Å². The van der Waals surface area contributed by atoms with E-state index >= 15 is 0 Å². The Hall–Kier alpha value is -3.07. The topological polar surface area (TPSA) is 24.8 Å². The molecular formula is C22H22N2O. The van der Waals surface area contributed by atoms with E-state index in [1.807, 2.05) is 65.7 Å². The zero-order valence-electron chi connectivity index (χ0n) is 14.6. The Balaban J connectivity index is 1.98. The molecule has 0 heterocycles. The van der Waals surface area contributed by atoms with Crippen LogP contribution in [-0.2, 0) is 6.42 Å². The first-order valence-electron chi connectivity index (χ1n) is 8.34. The molecule has 0 N–H and O–H groups in total. The van der Waals surface area contributed by atoms with Crippen LogP contribution < -0.4 is 9.75 Å². The zero-order valence-corrected chi connectivity index (χ0v) is 14.6. The molecule has 3 aromatic carbocycles. The summed E-state index contributed by atoms with van der Waals surface area (Å²) in [4.78, 5) is 0. The fourth-order valence-electron chi connectivity index (χ4n) is 2.72. The lowest BCUT2D eigenvalue weighted by Crippen LogP contribution is -2.14. The van der Waals surface area contributed by atoms with E-state index in [0.29, 0.717) is 0 Å². The maximum absolute atomic E-state index is 5.54. The zero-order chi connectivity index (χ0) is 17.5. The monoisotopic (exact) mass is 330 g/mol. The van der Waals surface area contributed by atoms with Crippen molar-refractivity contribution in [2.24, 2.45) is 5.10 Å². The van der Waals surface area contributed by atoms with E-state index in [9.17, 15) is 0 Å². The smallest absolute Gasteiger partial charge is 0.144 e. The van der Waals surface area contributed by atoms with Gasteiger partial charge in [0, 0.05) is 12.1 Å². The van der Waals surface area contributed by atoms with Crippen molar-refractivity contribution >= 4 is 17.1 Å². The van der Waals surface area contributed by atoms with Gasteiger partial charge >= 0.3 is 0 Å². The Morgan fingerprint density at radius 1 is 0.840 bits per heavy atom. The lowest BCUT2D eigenvalue weighted by molar-refractivity contribution is 0.415. The van der Waals surface area contributed by atoms with E-state index in [2.05, 4.69) is 31.2 Å². The summed E-state index contributed by atoms with van der Waals surface area (Å²) in [5.74, 6) is 0.794. The quantitative estimate of drug-likeness (QED) is 0.443. The van der Waals surface area contributed by atoms with E-state index in [1.54, 1.807) is 7.11 Å². The van der Waals surface area contributed by atoms with Gasteiger partial charge in [-0.25, -0.2) is 5.01 Å². The molecule has 0 aliphatic carbocycles. The van der Waals surface area contributed by atoms with Crippen LogP contribution in [0.4, 0.5) is 11.4 Å². The SMILES string of the molecule is COc1ccccc1N(N=C(C)Cc1ccccc1)c1ccccc1. The first-order chi connectivity index (χ1) is 12.3. The summed E-state index contributed by atoms with van der Waals surface area (Å²) in [6, 6.07) is 28.4. The van der Waals surface area contributed by atoms with Gasteiger partial charge in [-0.2, -0.15) is 5.10 Å². The van der Waals surface area contributed by atoms with Crippen molar-refractivity contribution in [2.45, 2.75) is 13.3 Å². The standard InChI is InChI=1S/C22H22N2O/c1-18(17-19-11-5-3-6-12-19)23-24(20-13-7-4-8-14-20)21-15-9-10-16-22(21)25-2/h3-16H,17H2,1-2H3. The van der Waals surface area contributed by atoms with Gasteiger partial charge in [-0.3, -0.25) is 0 Å². The van der Waals surface area contributed by atoms with Crippen molar-refractivity contribution in [2.75, 3.05) is 12.1 Å². The Morgan fingerprint density at radius 2 is 1.44 bits per heavy atom. The van der Waals surface area contributed by atoms with Gasteiger partial charge < -0.3 is 4.74 Å². The summed E-state index contributed by atoms with van der Waals surface area (Å²) in [6.07, 6.45) is 0.805. The van der Waals surface area contributed by atoms with Crippen LogP contribution in [0.5, 0.6) is 5.75 Å². The normalized spacial score (nSPS) is 11.2. The highest BCUT2D eigenvalue weighted by molar-refractivity contribution is 5.86. The van der Waals surface area contributed by atoms with Crippen LogP contribution in [0.15, 0.2) is 90.0 Å². The fourth-order valence-corrected chi connectivity index (χ4v) is 2.72. The van der Waals surface area contributed by atoms with E-state index in [4.69, 9.17) is 9.84 Å². The molecule has 0 aliphatic heterocycles. The van der Waals surface area contributed by atoms with Crippen LogP contribution in [0.2, 0.25) is 0 Å². The van der Waals surface area contributed by atoms with E-state index in [1.165, 1.54) is 5.56 Å². The summed E-state index contributed by atoms with van der Waals surface area (Å²) in [7, 11) is 1.68. The van der Waals surface area contributed by atoms with Crippen molar-refractivity contribution < 1.29 is 4.74 Å². The van der Waals surface area contributed by atoms with Gasteiger partial charge in [0.2, 0.25) is 0 Å². The van der Waals surface area contributed by atoms with Gasteiger partial charge in [0.15, 0.2) is 0 Å². The number of para-hydroxylation sites is 3. The Labute approximate surface area is 149 Å². The Bertz CT molecular complexity index is 829. The van der Waals surface area contributed by atoms with E-state index in [0.717, 1.165) is 29.3 Å². The minimum Gasteiger partial charge on any atom is -0.494 e. The number of methoxy groups -OCH3 is 1. The summed E-state index contributed by atoms with van der Waals surface area (Å²) in [5.41, 5.74) is 4.20.